The molecule has 0 saturated heterocycles. The molecule has 0 amide bonds. The van der Waals surface area contributed by atoms with Gasteiger partial charge in [-0.3, -0.25) is 0 Å². The fraction of sp³-hybridized carbons (Fsp3) is 0.186. The Hall–Kier alpha value is -9.50. The normalized spacial score (nSPS) is 17.2. The molecule has 19 rings (SSSR count). The minimum Gasteiger partial charge on any atom is -0.309 e. The molecule has 6 aliphatic carbocycles. The van der Waals surface area contributed by atoms with E-state index in [1.54, 1.807) is 22.3 Å². The van der Waals surface area contributed by atoms with Crippen molar-refractivity contribution in [2.45, 2.75) is 101 Å². The molecule has 2 spiro atoms. The first-order chi connectivity index (χ1) is 43.1. The van der Waals surface area contributed by atoms with Crippen molar-refractivity contribution >= 4 is 67.9 Å². The summed E-state index contributed by atoms with van der Waals surface area (Å²) in [6.07, 6.45) is 19.4. The Bertz CT molecular complexity index is 4950. The fourth-order valence-corrected chi connectivity index (χ4v) is 18.5. The molecule has 13 aromatic rings. The Balaban J connectivity index is 0.634. The molecule has 0 bridgehead atoms. The summed E-state index contributed by atoms with van der Waals surface area (Å²) < 4.78 is 4.96. The van der Waals surface area contributed by atoms with Crippen LogP contribution in [0.1, 0.15) is 146 Å². The maximum absolute atomic E-state index is 2.70. The maximum Gasteiger partial charge on any atom is 0.0541 e. The first-order valence-corrected chi connectivity index (χ1v) is 32.5. The van der Waals surface area contributed by atoms with E-state index in [1.807, 2.05) is 0 Å². The van der Waals surface area contributed by atoms with Gasteiger partial charge in [-0.2, -0.15) is 0 Å². The lowest BCUT2D eigenvalue weighted by atomic mass is 9.74. The quantitative estimate of drug-likeness (QED) is 0.147. The van der Waals surface area contributed by atoms with E-state index < -0.39 is 0 Å². The molecule has 0 unspecified atom stereocenters. The predicted octanol–water partition coefficient (Wildman–Crippen LogP) is 22.5. The number of rotatable bonds is 6. The smallest absolute Gasteiger partial charge is 0.0541 e. The first-order valence-electron chi connectivity index (χ1n) is 32.5. The Kier molecular flexibility index (Phi) is 10.4. The van der Waals surface area contributed by atoms with Gasteiger partial charge in [0.25, 0.3) is 0 Å². The van der Waals surface area contributed by atoms with Crippen molar-refractivity contribution in [3.63, 3.8) is 0 Å². The standard InChI is InChI=1S/C86H68N2/c1-83(2)71-21-9-5-17-59(71)61-37-33-57(49-73(61)83)87-79-23-11-7-19-65(79)69-45-53(31-39-81(69)87)25-27-55-29-35-63-67-51-78-68(52-77(67)85(75(63)47-55)41-13-14-42-85)64-36-30-56(48-76(64)86(78)43-15-16-44-86)28-26-54-32-40-82-70(46-54)66-20-8-12-24-80(66)88(82)58-34-38-62-60-18-6-10-22-72(60)84(3,4)74(62)50-58/h5-12,17-40,45-52H,13-16,41-44H2,1-4H3. The highest BCUT2D eigenvalue weighted by molar-refractivity contribution is 6.11. The number of nitrogens with zero attached hydrogens (tertiary/aromatic N) is 2. The van der Waals surface area contributed by atoms with Gasteiger partial charge in [-0.1, -0.05) is 223 Å². The molecule has 0 aliphatic heterocycles. The summed E-state index contributed by atoms with van der Waals surface area (Å²) in [6, 6.07) is 84.5. The molecular weight excluding hydrogens is 1060 g/mol. The fourth-order valence-electron chi connectivity index (χ4n) is 18.5. The SMILES string of the molecule is CC1(C)c2ccccc2-c2ccc(-n3c4ccccc4c4cc(C=Cc5ccc6c(c5)C5(CCCC5)c5cc7c(cc5-6)C5(CCCC5)c5cc(C=Cc6ccc8c(c6)c6ccccc6n8-c6ccc8c(c6)C(C)(C)c6ccccc6-8)ccc5-7)ccc43)cc21. The Labute approximate surface area is 515 Å². The van der Waals surface area contributed by atoms with Gasteiger partial charge in [0.1, 0.15) is 0 Å². The third kappa shape index (κ3) is 6.84. The van der Waals surface area contributed by atoms with Gasteiger partial charge in [-0.15, -0.1) is 0 Å². The van der Waals surface area contributed by atoms with Crippen LogP contribution in [0.5, 0.6) is 0 Å². The Morgan fingerprint density at radius 3 is 1.03 bits per heavy atom. The topological polar surface area (TPSA) is 9.86 Å². The molecule has 2 heteroatoms. The van der Waals surface area contributed by atoms with Crippen LogP contribution in [0, 0.1) is 0 Å². The molecule has 2 heterocycles. The number of fused-ring (bicyclic) bond motifs is 22. The van der Waals surface area contributed by atoms with Crippen LogP contribution < -0.4 is 0 Å². The number of hydrogen-bond donors (Lipinski definition) is 0. The second kappa shape index (κ2) is 18.1. The summed E-state index contributed by atoms with van der Waals surface area (Å²) in [5.41, 5.74) is 35.6. The zero-order chi connectivity index (χ0) is 58.4. The van der Waals surface area contributed by atoms with Crippen molar-refractivity contribution in [2.75, 3.05) is 0 Å². The largest absolute Gasteiger partial charge is 0.309 e. The van der Waals surface area contributed by atoms with Crippen LogP contribution in [0.4, 0.5) is 0 Å². The van der Waals surface area contributed by atoms with E-state index in [0.29, 0.717) is 0 Å². The van der Waals surface area contributed by atoms with E-state index in [9.17, 15) is 0 Å². The molecule has 2 fully saturated rings. The van der Waals surface area contributed by atoms with E-state index in [2.05, 4.69) is 280 Å². The third-order valence-electron chi connectivity index (χ3n) is 22.8. The monoisotopic (exact) mass is 1130 g/mol. The van der Waals surface area contributed by atoms with Crippen LogP contribution in [0.25, 0.3) is 124 Å². The highest BCUT2D eigenvalue weighted by Gasteiger charge is 2.50. The van der Waals surface area contributed by atoms with Crippen molar-refractivity contribution in [3.8, 4) is 55.9 Å². The van der Waals surface area contributed by atoms with Crippen molar-refractivity contribution in [1.82, 2.24) is 9.13 Å². The molecule has 0 N–H and O–H groups in total. The molecular formula is C86H68N2. The van der Waals surface area contributed by atoms with Gasteiger partial charge in [0, 0.05) is 54.6 Å². The minimum atomic E-state index is -0.0609. The lowest BCUT2D eigenvalue weighted by molar-refractivity contribution is 0.543. The molecule has 6 aliphatic rings. The van der Waals surface area contributed by atoms with Gasteiger partial charge in [0.05, 0.1) is 22.1 Å². The van der Waals surface area contributed by atoms with Gasteiger partial charge >= 0.3 is 0 Å². The third-order valence-corrected chi connectivity index (χ3v) is 22.8. The van der Waals surface area contributed by atoms with Crippen molar-refractivity contribution in [3.05, 3.63) is 285 Å². The van der Waals surface area contributed by atoms with Crippen LogP contribution in [0.3, 0.4) is 0 Å². The Morgan fingerprint density at radius 1 is 0.261 bits per heavy atom. The van der Waals surface area contributed by atoms with Crippen molar-refractivity contribution in [2.24, 2.45) is 0 Å². The van der Waals surface area contributed by atoms with Gasteiger partial charge < -0.3 is 9.13 Å². The molecule has 422 valence electrons. The van der Waals surface area contributed by atoms with Crippen molar-refractivity contribution < 1.29 is 0 Å². The lowest BCUT2D eigenvalue weighted by Crippen LogP contribution is -2.22. The second-order valence-corrected chi connectivity index (χ2v) is 27.9. The summed E-state index contributed by atoms with van der Waals surface area (Å²) in [5.74, 6) is 0. The minimum absolute atomic E-state index is 0.0478. The van der Waals surface area contributed by atoms with Crippen LogP contribution in [-0.4, -0.2) is 9.13 Å². The van der Waals surface area contributed by atoms with E-state index in [-0.39, 0.29) is 21.7 Å². The van der Waals surface area contributed by atoms with Gasteiger partial charge in [-0.05, 0) is 210 Å². The van der Waals surface area contributed by atoms with Crippen LogP contribution in [0.15, 0.2) is 218 Å². The van der Waals surface area contributed by atoms with Gasteiger partial charge in [-0.25, -0.2) is 0 Å². The molecule has 2 nitrogen and oxygen atoms in total. The van der Waals surface area contributed by atoms with E-state index >= 15 is 0 Å². The van der Waals surface area contributed by atoms with Gasteiger partial charge in [0.2, 0.25) is 0 Å². The summed E-state index contributed by atoms with van der Waals surface area (Å²) >= 11 is 0. The number of hydrogen-bond acceptors (Lipinski definition) is 0. The van der Waals surface area contributed by atoms with Crippen molar-refractivity contribution in [1.29, 1.82) is 0 Å². The predicted molar refractivity (Wildman–Crippen MR) is 370 cm³/mol. The van der Waals surface area contributed by atoms with Crippen LogP contribution in [-0.2, 0) is 21.7 Å². The molecule has 88 heavy (non-hydrogen) atoms. The Morgan fingerprint density at radius 2 is 0.591 bits per heavy atom. The number of benzene rings is 11. The average molecular weight is 1130 g/mol. The highest BCUT2D eigenvalue weighted by atomic mass is 15.0. The average Bonchev–Trinajstić information content (AvgIpc) is 1.88. The van der Waals surface area contributed by atoms with E-state index in [4.69, 9.17) is 0 Å². The lowest BCUT2D eigenvalue weighted by Gasteiger charge is -2.29. The highest BCUT2D eigenvalue weighted by Crippen LogP contribution is 2.63. The molecule has 0 atom stereocenters. The van der Waals surface area contributed by atoms with E-state index in [0.717, 1.165) is 0 Å². The maximum atomic E-state index is 2.70. The summed E-state index contributed by atoms with van der Waals surface area (Å²) in [7, 11) is 0. The zero-order valence-corrected chi connectivity index (χ0v) is 50.6. The molecule has 2 saturated carbocycles. The van der Waals surface area contributed by atoms with E-state index in [1.165, 1.54) is 195 Å². The number of para-hydroxylation sites is 2. The van der Waals surface area contributed by atoms with Gasteiger partial charge in [0.15, 0.2) is 0 Å². The second-order valence-electron chi connectivity index (χ2n) is 27.9. The van der Waals surface area contributed by atoms with Crippen LogP contribution >= 0.6 is 0 Å². The summed E-state index contributed by atoms with van der Waals surface area (Å²) in [4.78, 5) is 0. The molecule has 2 aromatic heterocycles. The molecule has 0 radical (unpaired) electrons. The number of aromatic nitrogens is 2. The summed E-state index contributed by atoms with van der Waals surface area (Å²) in [6.45, 7) is 9.50. The molecule has 11 aromatic carbocycles. The summed E-state index contributed by atoms with van der Waals surface area (Å²) in [5, 5.41) is 5.14. The van der Waals surface area contributed by atoms with Crippen LogP contribution in [0.2, 0.25) is 0 Å². The first kappa shape index (κ1) is 50.6. The zero-order valence-electron chi connectivity index (χ0n) is 50.6.